The largest absolute Gasteiger partial charge is 0.472 e. The fraction of sp³-hybridized carbons (Fsp3) is 0.700. The van der Waals surface area contributed by atoms with Crippen LogP contribution >= 0.6 is 0 Å². The van der Waals surface area contributed by atoms with Crippen LogP contribution in [-0.4, -0.2) is 36.1 Å². The smallest absolute Gasteiger partial charge is 0.381 e. The van der Waals surface area contributed by atoms with Crippen molar-refractivity contribution in [2.75, 3.05) is 20.1 Å². The fourth-order valence-electron chi connectivity index (χ4n) is 1.54. The third kappa shape index (κ3) is 3.95. The maximum absolute atomic E-state index is 10.1. The summed E-state index contributed by atoms with van der Waals surface area (Å²) >= 11 is 0. The van der Waals surface area contributed by atoms with Crippen LogP contribution in [0.5, 0.6) is 0 Å². The van der Waals surface area contributed by atoms with Gasteiger partial charge in [0.1, 0.15) is 0 Å². The molecule has 0 aromatic rings. The summed E-state index contributed by atoms with van der Waals surface area (Å²) in [4.78, 5) is 12.4. The van der Waals surface area contributed by atoms with E-state index in [0.29, 0.717) is 5.92 Å². The Bertz CT molecular complexity index is 231. The van der Waals surface area contributed by atoms with E-state index in [-0.39, 0.29) is 0 Å². The molecular formula is C10H15NO2. The Hall–Kier alpha value is -1.01. The van der Waals surface area contributed by atoms with Gasteiger partial charge in [-0.1, -0.05) is 5.92 Å². The van der Waals surface area contributed by atoms with Crippen LogP contribution in [0.4, 0.5) is 0 Å². The molecule has 0 spiro atoms. The highest BCUT2D eigenvalue weighted by Crippen LogP contribution is 2.18. The zero-order chi connectivity index (χ0) is 9.68. The second-order valence-electron chi connectivity index (χ2n) is 3.56. The van der Waals surface area contributed by atoms with E-state index in [1.165, 1.54) is 0 Å². The van der Waals surface area contributed by atoms with Gasteiger partial charge in [-0.2, -0.15) is 0 Å². The topological polar surface area (TPSA) is 40.5 Å². The van der Waals surface area contributed by atoms with Crippen molar-refractivity contribution in [1.29, 1.82) is 0 Å². The number of carboxylic acids is 1. The number of carbonyl (C=O) groups is 1. The van der Waals surface area contributed by atoms with Crippen molar-refractivity contribution >= 4 is 5.97 Å². The first kappa shape index (κ1) is 10.1. The predicted molar refractivity (Wildman–Crippen MR) is 50.2 cm³/mol. The van der Waals surface area contributed by atoms with Gasteiger partial charge in [-0.15, -0.1) is 0 Å². The summed E-state index contributed by atoms with van der Waals surface area (Å²) in [5.74, 6) is 4.44. The SMILES string of the molecule is CN1CCC(CC#CC(=O)O)CC1. The van der Waals surface area contributed by atoms with Crippen molar-refractivity contribution in [2.45, 2.75) is 19.3 Å². The van der Waals surface area contributed by atoms with Crippen LogP contribution in [0.25, 0.3) is 0 Å². The van der Waals surface area contributed by atoms with Gasteiger partial charge in [0.2, 0.25) is 0 Å². The molecule has 1 aliphatic heterocycles. The number of rotatable bonds is 1. The van der Waals surface area contributed by atoms with Crippen LogP contribution < -0.4 is 0 Å². The van der Waals surface area contributed by atoms with Crippen LogP contribution in [0.3, 0.4) is 0 Å². The summed E-state index contributed by atoms with van der Waals surface area (Å²) in [6.07, 6.45) is 3.02. The van der Waals surface area contributed by atoms with Gasteiger partial charge in [-0.05, 0) is 38.9 Å². The summed E-state index contributed by atoms with van der Waals surface area (Å²) < 4.78 is 0. The van der Waals surface area contributed by atoms with E-state index in [1.54, 1.807) is 0 Å². The highest BCUT2D eigenvalue weighted by atomic mass is 16.4. The van der Waals surface area contributed by atoms with Crippen molar-refractivity contribution in [1.82, 2.24) is 4.90 Å². The van der Waals surface area contributed by atoms with Crippen molar-refractivity contribution in [2.24, 2.45) is 5.92 Å². The Morgan fingerprint density at radius 3 is 2.69 bits per heavy atom. The fourth-order valence-corrected chi connectivity index (χ4v) is 1.54. The van der Waals surface area contributed by atoms with Crippen molar-refractivity contribution < 1.29 is 9.90 Å². The van der Waals surface area contributed by atoms with Crippen LogP contribution in [0.1, 0.15) is 19.3 Å². The molecule has 0 atom stereocenters. The first-order valence-corrected chi connectivity index (χ1v) is 4.59. The zero-order valence-corrected chi connectivity index (χ0v) is 7.92. The van der Waals surface area contributed by atoms with E-state index in [9.17, 15) is 4.79 Å². The summed E-state index contributed by atoms with van der Waals surface area (Å²) in [6.45, 7) is 2.22. The Kier molecular flexibility index (Phi) is 3.78. The van der Waals surface area contributed by atoms with Gasteiger partial charge in [-0.3, -0.25) is 0 Å². The minimum atomic E-state index is -1.02. The molecule has 1 fully saturated rings. The molecule has 0 saturated carbocycles. The predicted octanol–water partition coefficient (Wildman–Crippen LogP) is 0.806. The molecule has 0 aromatic heterocycles. The molecule has 3 nitrogen and oxygen atoms in total. The standard InChI is InChI=1S/C10H15NO2/c1-11-7-5-9(6-8-11)3-2-4-10(12)13/h9H,3,5-8H2,1H3,(H,12,13). The van der Waals surface area contributed by atoms with Gasteiger partial charge in [0.15, 0.2) is 0 Å². The van der Waals surface area contributed by atoms with Gasteiger partial charge in [0.25, 0.3) is 0 Å². The average Bonchev–Trinajstić information content (AvgIpc) is 2.08. The molecule has 13 heavy (non-hydrogen) atoms. The molecular weight excluding hydrogens is 166 g/mol. The summed E-state index contributed by atoms with van der Waals surface area (Å²) in [6, 6.07) is 0. The molecule has 0 unspecified atom stereocenters. The quantitative estimate of drug-likeness (QED) is 0.608. The number of likely N-dealkylation sites (tertiary alicyclic amines) is 1. The van der Waals surface area contributed by atoms with Crippen LogP contribution in [0.15, 0.2) is 0 Å². The molecule has 3 heteroatoms. The normalized spacial score (nSPS) is 19.2. The number of nitrogens with zero attached hydrogens (tertiary/aromatic N) is 1. The van der Waals surface area contributed by atoms with Crippen LogP contribution in [-0.2, 0) is 4.79 Å². The number of hydrogen-bond donors (Lipinski definition) is 1. The number of piperidine rings is 1. The number of hydrogen-bond acceptors (Lipinski definition) is 2. The van der Waals surface area contributed by atoms with E-state index in [2.05, 4.69) is 23.8 Å². The highest BCUT2D eigenvalue weighted by molar-refractivity contribution is 5.86. The molecule has 72 valence electrons. The lowest BCUT2D eigenvalue weighted by Crippen LogP contribution is -2.29. The minimum absolute atomic E-state index is 0.600. The molecule has 1 rings (SSSR count). The molecule has 1 N–H and O–H groups in total. The van der Waals surface area contributed by atoms with E-state index in [1.807, 2.05) is 0 Å². The van der Waals surface area contributed by atoms with E-state index >= 15 is 0 Å². The van der Waals surface area contributed by atoms with Crippen LogP contribution in [0, 0.1) is 17.8 Å². The summed E-state index contributed by atoms with van der Waals surface area (Å²) in [7, 11) is 2.11. The third-order valence-corrected chi connectivity index (χ3v) is 2.42. The molecule has 1 heterocycles. The summed E-state index contributed by atoms with van der Waals surface area (Å²) in [5.41, 5.74) is 0. The van der Waals surface area contributed by atoms with Gasteiger partial charge >= 0.3 is 5.97 Å². The Morgan fingerprint density at radius 2 is 2.15 bits per heavy atom. The van der Waals surface area contributed by atoms with E-state index < -0.39 is 5.97 Å². The minimum Gasteiger partial charge on any atom is -0.472 e. The van der Waals surface area contributed by atoms with Gasteiger partial charge in [-0.25, -0.2) is 4.79 Å². The molecule has 0 radical (unpaired) electrons. The lowest BCUT2D eigenvalue weighted by Gasteiger charge is -2.27. The van der Waals surface area contributed by atoms with Gasteiger partial charge < -0.3 is 10.0 Å². The maximum Gasteiger partial charge on any atom is 0.381 e. The summed E-state index contributed by atoms with van der Waals surface area (Å²) in [5, 5.41) is 8.30. The van der Waals surface area contributed by atoms with E-state index in [0.717, 1.165) is 32.4 Å². The van der Waals surface area contributed by atoms with Gasteiger partial charge in [0.05, 0.1) is 0 Å². The Morgan fingerprint density at radius 1 is 1.54 bits per heavy atom. The van der Waals surface area contributed by atoms with Crippen molar-refractivity contribution in [3.63, 3.8) is 0 Å². The van der Waals surface area contributed by atoms with Crippen molar-refractivity contribution in [3.8, 4) is 11.8 Å². The van der Waals surface area contributed by atoms with Gasteiger partial charge in [0, 0.05) is 12.3 Å². The molecule has 0 amide bonds. The number of aliphatic carboxylic acids is 1. The number of carboxylic acid groups (broad SMARTS) is 1. The molecule has 0 aromatic carbocycles. The lowest BCUT2D eigenvalue weighted by atomic mass is 9.94. The highest BCUT2D eigenvalue weighted by Gasteiger charge is 2.14. The Balaban J connectivity index is 2.24. The first-order valence-electron chi connectivity index (χ1n) is 4.59. The van der Waals surface area contributed by atoms with Crippen molar-refractivity contribution in [3.05, 3.63) is 0 Å². The lowest BCUT2D eigenvalue weighted by molar-refractivity contribution is -0.130. The zero-order valence-electron chi connectivity index (χ0n) is 7.92. The molecule has 1 saturated heterocycles. The van der Waals surface area contributed by atoms with Crippen LogP contribution in [0.2, 0.25) is 0 Å². The maximum atomic E-state index is 10.1. The van der Waals surface area contributed by atoms with E-state index in [4.69, 9.17) is 5.11 Å². The first-order chi connectivity index (χ1) is 6.18. The second kappa shape index (κ2) is 4.88. The third-order valence-electron chi connectivity index (χ3n) is 2.42. The molecule has 0 bridgehead atoms. The average molecular weight is 181 g/mol. The second-order valence-corrected chi connectivity index (χ2v) is 3.56. The Labute approximate surface area is 78.7 Å². The molecule has 0 aliphatic carbocycles. The molecule has 1 aliphatic rings. The monoisotopic (exact) mass is 181 g/mol.